The van der Waals surface area contributed by atoms with Gasteiger partial charge in [-0.25, -0.2) is 0 Å². The van der Waals surface area contributed by atoms with E-state index in [-0.39, 0.29) is 5.69 Å². The molecule has 1 aromatic carbocycles. The zero-order valence-electron chi connectivity index (χ0n) is 17.7. The molecule has 0 fully saturated rings. The van der Waals surface area contributed by atoms with Crippen molar-refractivity contribution in [1.29, 1.82) is 0 Å². The first-order valence-corrected chi connectivity index (χ1v) is 10.7. The highest BCUT2D eigenvalue weighted by atomic mass is 35.5. The Labute approximate surface area is 187 Å². The Balaban J connectivity index is 1.75. The van der Waals surface area contributed by atoms with E-state index >= 15 is 0 Å². The molecule has 31 heavy (non-hydrogen) atoms. The fourth-order valence-electron chi connectivity index (χ4n) is 2.14. The summed E-state index contributed by atoms with van der Waals surface area (Å²) in [6.45, 7) is 6.28. The highest BCUT2D eigenvalue weighted by Gasteiger charge is 2.04. The number of benzene rings is 1. The number of ether oxygens (including phenoxy) is 7. The maximum Gasteiger partial charge on any atom is 0.269 e. The van der Waals surface area contributed by atoms with E-state index < -0.39 is 4.92 Å². The van der Waals surface area contributed by atoms with E-state index in [9.17, 15) is 10.1 Å². The summed E-state index contributed by atoms with van der Waals surface area (Å²) in [6, 6.07) is 5.91. The van der Waals surface area contributed by atoms with Crippen LogP contribution in [0.4, 0.5) is 5.69 Å². The van der Waals surface area contributed by atoms with Crippen molar-refractivity contribution in [1.82, 2.24) is 0 Å². The van der Waals surface area contributed by atoms with Gasteiger partial charge >= 0.3 is 0 Å². The predicted molar refractivity (Wildman–Crippen MR) is 114 cm³/mol. The summed E-state index contributed by atoms with van der Waals surface area (Å²) in [6.07, 6.45) is 0. The Morgan fingerprint density at radius 2 is 0.968 bits per heavy atom. The van der Waals surface area contributed by atoms with E-state index in [0.717, 1.165) is 0 Å². The summed E-state index contributed by atoms with van der Waals surface area (Å²) in [4.78, 5) is 10.1. The van der Waals surface area contributed by atoms with Gasteiger partial charge in [-0.3, -0.25) is 10.1 Å². The molecule has 10 nitrogen and oxygen atoms in total. The topological polar surface area (TPSA) is 108 Å². The van der Waals surface area contributed by atoms with Crippen LogP contribution in [0.15, 0.2) is 24.3 Å². The molecule has 0 saturated carbocycles. The molecular weight excluding hydrogens is 434 g/mol. The van der Waals surface area contributed by atoms with Crippen molar-refractivity contribution in [2.45, 2.75) is 0 Å². The summed E-state index contributed by atoms with van der Waals surface area (Å²) in [5.41, 5.74) is 0.0305. The molecular formula is C20H32ClNO9. The van der Waals surface area contributed by atoms with Crippen LogP contribution in [0.1, 0.15) is 0 Å². The molecule has 0 N–H and O–H groups in total. The molecule has 0 aliphatic rings. The molecule has 0 radical (unpaired) electrons. The highest BCUT2D eigenvalue weighted by molar-refractivity contribution is 6.17. The molecule has 0 aliphatic heterocycles. The van der Waals surface area contributed by atoms with Crippen LogP contribution < -0.4 is 4.74 Å². The second kappa shape index (κ2) is 20.4. The number of rotatable bonds is 22. The largest absolute Gasteiger partial charge is 0.491 e. The molecule has 0 unspecified atom stereocenters. The van der Waals surface area contributed by atoms with E-state index in [1.165, 1.54) is 12.1 Å². The zero-order chi connectivity index (χ0) is 22.4. The van der Waals surface area contributed by atoms with Gasteiger partial charge in [0.25, 0.3) is 5.69 Å². The minimum absolute atomic E-state index is 0.0305. The number of nitro groups is 1. The van der Waals surface area contributed by atoms with Crippen LogP contribution in [-0.2, 0) is 28.4 Å². The van der Waals surface area contributed by atoms with E-state index in [2.05, 4.69) is 0 Å². The molecule has 0 saturated heterocycles. The summed E-state index contributed by atoms with van der Waals surface area (Å²) < 4.78 is 37.5. The number of hydrogen-bond acceptors (Lipinski definition) is 9. The third-order valence-electron chi connectivity index (χ3n) is 3.63. The van der Waals surface area contributed by atoms with Crippen molar-refractivity contribution >= 4 is 17.3 Å². The van der Waals surface area contributed by atoms with Crippen molar-refractivity contribution in [2.75, 3.05) is 91.8 Å². The molecule has 0 aromatic heterocycles. The van der Waals surface area contributed by atoms with E-state index in [1.54, 1.807) is 12.1 Å². The first-order valence-electron chi connectivity index (χ1n) is 10.1. The molecule has 1 aromatic rings. The van der Waals surface area contributed by atoms with Crippen LogP contribution in [0.25, 0.3) is 0 Å². The first kappa shape index (κ1) is 27.5. The average Bonchev–Trinajstić information content (AvgIpc) is 2.78. The molecule has 0 spiro atoms. The van der Waals surface area contributed by atoms with Gasteiger partial charge in [0.05, 0.1) is 84.2 Å². The molecule has 11 heteroatoms. The van der Waals surface area contributed by atoms with Crippen LogP contribution in [0, 0.1) is 10.1 Å². The van der Waals surface area contributed by atoms with Gasteiger partial charge in [-0.15, -0.1) is 11.6 Å². The second-order valence-electron chi connectivity index (χ2n) is 5.96. The monoisotopic (exact) mass is 465 g/mol. The number of non-ortho nitro benzene ring substituents is 1. The van der Waals surface area contributed by atoms with Crippen molar-refractivity contribution in [2.24, 2.45) is 0 Å². The minimum atomic E-state index is -0.452. The van der Waals surface area contributed by atoms with Crippen LogP contribution in [0.3, 0.4) is 0 Å². The highest BCUT2D eigenvalue weighted by Crippen LogP contribution is 2.16. The van der Waals surface area contributed by atoms with E-state index in [0.29, 0.717) is 97.5 Å². The summed E-state index contributed by atoms with van der Waals surface area (Å²) in [7, 11) is 0. The first-order chi connectivity index (χ1) is 15.2. The quantitative estimate of drug-likeness (QED) is 0.110. The maximum absolute atomic E-state index is 10.6. The molecule has 0 amide bonds. The standard InChI is InChI=1S/C20H32ClNO9/c21-5-6-25-7-8-26-9-10-27-11-12-28-13-14-29-15-16-30-17-18-31-20-3-1-19(2-4-20)22(23)24/h1-4H,5-18H2. The smallest absolute Gasteiger partial charge is 0.269 e. The van der Waals surface area contributed by atoms with Crippen LogP contribution in [-0.4, -0.2) is 96.7 Å². The average molecular weight is 466 g/mol. The number of halogens is 1. The van der Waals surface area contributed by atoms with Crippen LogP contribution in [0.2, 0.25) is 0 Å². The molecule has 178 valence electrons. The Bertz CT molecular complexity index is 548. The zero-order valence-corrected chi connectivity index (χ0v) is 18.5. The summed E-state index contributed by atoms with van der Waals surface area (Å²) in [5.74, 6) is 1.05. The SMILES string of the molecule is O=[N+]([O-])c1ccc(OCCOCCOCCOCCOCCOCCOCCCl)cc1. The van der Waals surface area contributed by atoms with Gasteiger partial charge in [0.1, 0.15) is 12.4 Å². The fourth-order valence-corrected chi connectivity index (χ4v) is 2.25. The molecule has 0 heterocycles. The van der Waals surface area contributed by atoms with Crippen molar-refractivity contribution in [3.63, 3.8) is 0 Å². The number of alkyl halides is 1. The third-order valence-corrected chi connectivity index (χ3v) is 3.78. The Kier molecular flexibility index (Phi) is 18.1. The van der Waals surface area contributed by atoms with Gasteiger partial charge in [-0.1, -0.05) is 0 Å². The van der Waals surface area contributed by atoms with Crippen molar-refractivity contribution < 1.29 is 38.1 Å². The Hall–Kier alpha value is -1.53. The normalized spacial score (nSPS) is 11.0. The fraction of sp³-hybridized carbons (Fsp3) is 0.700. The molecule has 0 bridgehead atoms. The van der Waals surface area contributed by atoms with Gasteiger partial charge in [-0.05, 0) is 12.1 Å². The van der Waals surface area contributed by atoms with Gasteiger partial charge in [-0.2, -0.15) is 0 Å². The molecule has 0 aliphatic carbocycles. The lowest BCUT2D eigenvalue weighted by molar-refractivity contribution is -0.384. The van der Waals surface area contributed by atoms with Crippen molar-refractivity contribution in [3.05, 3.63) is 34.4 Å². The van der Waals surface area contributed by atoms with E-state index in [4.69, 9.17) is 44.8 Å². The molecule has 0 atom stereocenters. The van der Waals surface area contributed by atoms with Crippen LogP contribution in [0.5, 0.6) is 5.75 Å². The predicted octanol–water partition coefficient (Wildman–Crippen LogP) is 2.31. The lowest BCUT2D eigenvalue weighted by Gasteiger charge is -2.08. The van der Waals surface area contributed by atoms with Gasteiger partial charge in [0.15, 0.2) is 0 Å². The van der Waals surface area contributed by atoms with Gasteiger partial charge in [0, 0.05) is 18.0 Å². The van der Waals surface area contributed by atoms with E-state index in [1.807, 2.05) is 0 Å². The lowest BCUT2D eigenvalue weighted by atomic mass is 10.3. The molecule has 1 rings (SSSR count). The minimum Gasteiger partial charge on any atom is -0.491 e. The second-order valence-corrected chi connectivity index (χ2v) is 6.34. The Morgan fingerprint density at radius 3 is 1.32 bits per heavy atom. The lowest BCUT2D eigenvalue weighted by Crippen LogP contribution is -2.15. The third kappa shape index (κ3) is 16.8. The maximum atomic E-state index is 10.6. The number of hydrogen-bond donors (Lipinski definition) is 0. The van der Waals surface area contributed by atoms with Crippen molar-refractivity contribution in [3.8, 4) is 5.75 Å². The van der Waals surface area contributed by atoms with Gasteiger partial charge < -0.3 is 33.2 Å². The van der Waals surface area contributed by atoms with Crippen LogP contribution >= 0.6 is 11.6 Å². The summed E-state index contributed by atoms with van der Waals surface area (Å²) in [5, 5.41) is 10.6. The summed E-state index contributed by atoms with van der Waals surface area (Å²) >= 11 is 5.48. The number of nitro benzene ring substituents is 1. The number of nitrogens with zero attached hydrogens (tertiary/aromatic N) is 1. The Morgan fingerprint density at radius 1 is 0.613 bits per heavy atom. The van der Waals surface area contributed by atoms with Gasteiger partial charge in [0.2, 0.25) is 0 Å².